The molecule has 0 aromatic heterocycles. The maximum absolute atomic E-state index is 13.6. The van der Waals surface area contributed by atoms with Crippen molar-refractivity contribution in [2.45, 2.75) is 32.7 Å². The second-order valence-electron chi connectivity index (χ2n) is 7.55. The van der Waals surface area contributed by atoms with Crippen molar-refractivity contribution in [1.29, 1.82) is 0 Å². The lowest BCUT2D eigenvalue weighted by Crippen LogP contribution is -2.32. The fraction of sp³-hybridized carbons (Fsp3) is 0.231. The van der Waals surface area contributed by atoms with E-state index in [0.717, 1.165) is 0 Å². The first kappa shape index (κ1) is 14.8. The highest BCUT2D eigenvalue weighted by molar-refractivity contribution is 6.30. The molecule has 1 unspecified atom stereocenters. The number of amides is 2. The summed E-state index contributed by atoms with van der Waals surface area (Å²) in [6.07, 6.45) is 0.286. The van der Waals surface area contributed by atoms with Gasteiger partial charge in [-0.2, -0.15) is 0 Å². The number of anilines is 2. The molecule has 0 radical (unpaired) electrons. The van der Waals surface area contributed by atoms with E-state index in [-0.39, 0.29) is 11.6 Å². The lowest BCUT2D eigenvalue weighted by molar-refractivity contribution is 0.0985. The Kier molecular flexibility index (Phi) is 4.24. The molecule has 1 aliphatic heterocycles. The van der Waals surface area contributed by atoms with Crippen LogP contribution in [0.5, 0.6) is 0 Å². The fourth-order valence-corrected chi connectivity index (χ4v) is 3.95. The first-order valence-electron chi connectivity index (χ1n) is 13.5. The van der Waals surface area contributed by atoms with Crippen LogP contribution in [0.25, 0.3) is 0 Å². The number of carbonyl (C=O) groups is 2. The van der Waals surface area contributed by atoms with Gasteiger partial charge in [0.15, 0.2) is 0 Å². The lowest BCUT2D eigenvalue weighted by atomic mass is 10.0. The summed E-state index contributed by atoms with van der Waals surface area (Å²) in [5.74, 6) is -1.33. The molecule has 3 aromatic carbocycles. The second-order valence-corrected chi connectivity index (χ2v) is 7.99. The number of carbonyl (C=O) groups excluding carboxylic acids is 2. The summed E-state index contributed by atoms with van der Waals surface area (Å²) in [6, 6.07) is 6.43. The van der Waals surface area contributed by atoms with Gasteiger partial charge in [0.1, 0.15) is 0 Å². The van der Waals surface area contributed by atoms with Crippen LogP contribution in [0.3, 0.4) is 0 Å². The smallest absolute Gasteiger partial charge is 0.258 e. The zero-order chi connectivity index (χ0) is 28.8. The number of halogens is 1. The first-order valence-corrected chi connectivity index (χ1v) is 10.4. The molecule has 1 heterocycles. The van der Waals surface area contributed by atoms with Gasteiger partial charge in [-0.25, -0.2) is 0 Å². The third-order valence-corrected chi connectivity index (χ3v) is 5.61. The second kappa shape index (κ2) is 9.15. The summed E-state index contributed by atoms with van der Waals surface area (Å²) < 4.78 is 55.0. The zero-order valence-corrected chi connectivity index (χ0v) is 18.0. The Labute approximate surface area is 202 Å². The number of hydrogen-bond acceptors (Lipinski definition) is 3. The predicted molar refractivity (Wildman–Crippen MR) is 128 cm³/mol. The molecule has 3 aromatic rings. The van der Waals surface area contributed by atoms with Gasteiger partial charge in [-0.1, -0.05) is 29.7 Å². The number of benzene rings is 3. The molecule has 1 atom stereocenters. The van der Waals surface area contributed by atoms with E-state index in [0.29, 0.717) is 46.8 Å². The van der Waals surface area contributed by atoms with Crippen LogP contribution >= 0.6 is 11.6 Å². The molecule has 2 amide bonds. The van der Waals surface area contributed by atoms with E-state index in [1.165, 1.54) is 18.2 Å². The molecule has 0 spiro atoms. The Morgan fingerprint density at radius 2 is 1.97 bits per heavy atom. The summed E-state index contributed by atoms with van der Waals surface area (Å²) in [5.41, 5.74) is 0.735. The van der Waals surface area contributed by atoms with Crippen LogP contribution in [0.15, 0.2) is 60.6 Å². The first-order chi connectivity index (χ1) is 18.2. The average molecular weight is 456 g/mol. The standard InChI is InChI=1S/C26H25ClN2O3/c1-16-6-3-4-7-20(16)25(31)28-19-10-11-21(17(2)14-19)26(32)29-13-5-8-24(30)22-15-18(27)9-12-23(22)29/h3-4,6-7,9-12,14-15,24,30H,5,8,13H2,1-2H3,(H,28,31)/i1D3,3D,4D,6D,7D. The van der Waals surface area contributed by atoms with Crippen molar-refractivity contribution in [3.8, 4) is 0 Å². The number of aryl methyl sites for hydroxylation is 1. The zero-order valence-electron chi connectivity index (χ0n) is 24.3. The number of aliphatic hydroxyl groups is 1. The van der Waals surface area contributed by atoms with E-state index in [1.807, 2.05) is 0 Å². The van der Waals surface area contributed by atoms with Crippen LogP contribution in [0.4, 0.5) is 11.4 Å². The minimum atomic E-state index is -2.96. The van der Waals surface area contributed by atoms with Crippen molar-refractivity contribution >= 4 is 34.8 Å². The Morgan fingerprint density at radius 1 is 1.16 bits per heavy atom. The van der Waals surface area contributed by atoms with E-state index in [2.05, 4.69) is 5.32 Å². The summed E-state index contributed by atoms with van der Waals surface area (Å²) in [6.45, 7) is -0.916. The quantitative estimate of drug-likeness (QED) is 0.533. The molecule has 0 saturated carbocycles. The maximum atomic E-state index is 13.6. The highest BCUT2D eigenvalue weighted by Crippen LogP contribution is 2.36. The van der Waals surface area contributed by atoms with Crippen LogP contribution < -0.4 is 10.2 Å². The molecule has 32 heavy (non-hydrogen) atoms. The number of nitrogens with zero attached hydrogens (tertiary/aromatic N) is 1. The topological polar surface area (TPSA) is 69.6 Å². The molecule has 5 nitrogen and oxygen atoms in total. The normalized spacial score (nSPS) is 19.2. The van der Waals surface area contributed by atoms with Crippen molar-refractivity contribution < 1.29 is 24.3 Å². The van der Waals surface area contributed by atoms with Crippen molar-refractivity contribution in [3.05, 3.63) is 93.4 Å². The Balaban J connectivity index is 1.66. The molecule has 0 bridgehead atoms. The largest absolute Gasteiger partial charge is 0.388 e. The van der Waals surface area contributed by atoms with E-state index in [9.17, 15) is 14.7 Å². The predicted octanol–water partition coefficient (Wildman–Crippen LogP) is 5.68. The number of rotatable bonds is 3. The summed E-state index contributed by atoms with van der Waals surface area (Å²) in [5, 5.41) is 13.5. The lowest BCUT2D eigenvalue weighted by Gasteiger charge is -2.24. The van der Waals surface area contributed by atoms with Crippen LogP contribution in [0.2, 0.25) is 5.02 Å². The fourth-order valence-electron chi connectivity index (χ4n) is 3.77. The molecule has 2 N–H and O–H groups in total. The van der Waals surface area contributed by atoms with Crippen molar-refractivity contribution in [1.82, 2.24) is 0 Å². The van der Waals surface area contributed by atoms with Crippen molar-refractivity contribution in [2.75, 3.05) is 16.8 Å². The number of fused-ring (bicyclic) bond motifs is 1. The van der Waals surface area contributed by atoms with E-state index in [1.54, 1.807) is 30.0 Å². The van der Waals surface area contributed by atoms with Crippen molar-refractivity contribution in [3.63, 3.8) is 0 Å². The Hall–Kier alpha value is -3.15. The molecule has 4 rings (SSSR count). The number of hydrogen-bond donors (Lipinski definition) is 2. The Morgan fingerprint density at radius 3 is 2.75 bits per heavy atom. The van der Waals surface area contributed by atoms with Gasteiger partial charge in [0.2, 0.25) is 0 Å². The monoisotopic (exact) mass is 455 g/mol. The highest BCUT2D eigenvalue weighted by atomic mass is 35.5. The third-order valence-electron chi connectivity index (χ3n) is 5.37. The Bertz CT molecular complexity index is 1490. The molecule has 0 aliphatic carbocycles. The van der Waals surface area contributed by atoms with Gasteiger partial charge in [0.05, 0.1) is 11.6 Å². The van der Waals surface area contributed by atoms with Gasteiger partial charge in [-0.05, 0) is 80.2 Å². The SMILES string of the molecule is [2H]c1c([2H])c([2H])c(C([2H])([2H])[2H])c(C(=O)Nc2ccc(C(=O)N3CCCC(O)c4cc(Cl)ccc43)c(C)c2)c1[2H]. The maximum Gasteiger partial charge on any atom is 0.258 e. The van der Waals surface area contributed by atoms with Crippen molar-refractivity contribution in [2.24, 2.45) is 0 Å². The highest BCUT2D eigenvalue weighted by Gasteiger charge is 2.27. The van der Waals surface area contributed by atoms with Gasteiger partial charge in [-0.3, -0.25) is 9.59 Å². The van der Waals surface area contributed by atoms with E-state index < -0.39 is 54.2 Å². The van der Waals surface area contributed by atoms with E-state index in [4.69, 9.17) is 21.2 Å². The molecule has 0 fully saturated rings. The third kappa shape index (κ3) is 4.40. The molecule has 0 saturated heterocycles. The van der Waals surface area contributed by atoms with Crippen LogP contribution in [0, 0.1) is 13.8 Å². The van der Waals surface area contributed by atoms with Gasteiger partial charge in [0, 0.05) is 43.7 Å². The molecule has 6 heteroatoms. The van der Waals surface area contributed by atoms with Crippen LogP contribution in [-0.2, 0) is 0 Å². The number of nitrogens with one attached hydrogen (secondary N) is 1. The van der Waals surface area contributed by atoms with Gasteiger partial charge in [0.25, 0.3) is 11.8 Å². The molecular weight excluding hydrogens is 424 g/mol. The molecular formula is C26H25ClN2O3. The summed E-state index contributed by atoms with van der Waals surface area (Å²) >= 11 is 6.12. The van der Waals surface area contributed by atoms with Gasteiger partial charge >= 0.3 is 0 Å². The molecule has 164 valence electrons. The molecule has 1 aliphatic rings. The van der Waals surface area contributed by atoms with E-state index >= 15 is 0 Å². The number of aliphatic hydroxyl groups excluding tert-OH is 1. The van der Waals surface area contributed by atoms with Gasteiger partial charge < -0.3 is 15.3 Å². The van der Waals surface area contributed by atoms with Crippen LogP contribution in [-0.4, -0.2) is 23.5 Å². The summed E-state index contributed by atoms with van der Waals surface area (Å²) in [4.78, 5) is 28.3. The minimum Gasteiger partial charge on any atom is -0.388 e. The van der Waals surface area contributed by atoms with Crippen LogP contribution in [0.1, 0.15) is 65.9 Å². The van der Waals surface area contributed by atoms with Gasteiger partial charge in [-0.15, -0.1) is 0 Å². The summed E-state index contributed by atoms with van der Waals surface area (Å²) in [7, 11) is 0. The average Bonchev–Trinajstić information content (AvgIpc) is 3.02. The minimum absolute atomic E-state index is 0.205.